The molecule has 0 aromatic heterocycles. The van der Waals surface area contributed by atoms with Gasteiger partial charge < -0.3 is 5.32 Å². The molecule has 0 aliphatic rings. The minimum absolute atomic E-state index is 0.0421. The number of benzene rings is 1. The fraction of sp³-hybridized carbons (Fsp3) is 0.400. The van der Waals surface area contributed by atoms with E-state index in [2.05, 4.69) is 5.32 Å². The molecule has 0 aliphatic heterocycles. The molecule has 16 heavy (non-hydrogen) atoms. The second-order valence-electron chi connectivity index (χ2n) is 3.60. The topological polar surface area (TPSA) is 72.2 Å². The van der Waals surface area contributed by atoms with E-state index in [1.807, 2.05) is 25.1 Å². The predicted octanol–water partition coefficient (Wildman–Crippen LogP) is 1.28. The summed E-state index contributed by atoms with van der Waals surface area (Å²) in [6.07, 6.45) is 0. The van der Waals surface area contributed by atoms with Gasteiger partial charge in [-0.05, 0) is 24.6 Å². The third-order valence-corrected chi connectivity index (χ3v) is 3.19. The number of hydrogen-bond acceptors (Lipinski definition) is 3. The first-order chi connectivity index (χ1) is 7.38. The van der Waals surface area contributed by atoms with Gasteiger partial charge in [-0.15, -0.1) is 0 Å². The number of nitrogens with two attached hydrogens (primary N) is 1. The van der Waals surface area contributed by atoms with E-state index in [4.69, 9.17) is 16.7 Å². The van der Waals surface area contributed by atoms with Gasteiger partial charge in [0.25, 0.3) is 0 Å². The quantitative estimate of drug-likeness (QED) is 0.840. The largest absolute Gasteiger partial charge is 0.309 e. The summed E-state index contributed by atoms with van der Waals surface area (Å²) >= 11 is 5.85. The molecule has 4 nitrogen and oxygen atoms in total. The molecule has 1 rings (SSSR count). The van der Waals surface area contributed by atoms with Crippen LogP contribution in [0.15, 0.2) is 24.3 Å². The summed E-state index contributed by atoms with van der Waals surface area (Å²) in [4.78, 5) is 0. The van der Waals surface area contributed by atoms with E-state index < -0.39 is 10.0 Å². The first-order valence-corrected chi connectivity index (χ1v) is 6.97. The summed E-state index contributed by atoms with van der Waals surface area (Å²) < 4.78 is 21.4. The third-order valence-electron chi connectivity index (χ3n) is 2.19. The van der Waals surface area contributed by atoms with Gasteiger partial charge >= 0.3 is 0 Å². The Hall–Kier alpha value is -0.620. The highest BCUT2D eigenvalue weighted by atomic mass is 35.5. The maximum Gasteiger partial charge on any atom is 0.210 e. The first kappa shape index (κ1) is 13.4. The zero-order valence-corrected chi connectivity index (χ0v) is 10.6. The van der Waals surface area contributed by atoms with Gasteiger partial charge in [0.15, 0.2) is 0 Å². The Morgan fingerprint density at radius 1 is 1.50 bits per heavy atom. The Morgan fingerprint density at radius 3 is 2.75 bits per heavy atom. The molecule has 0 radical (unpaired) electrons. The summed E-state index contributed by atoms with van der Waals surface area (Å²) in [5, 5.41) is 8.62. The molecule has 0 saturated carbocycles. The highest BCUT2D eigenvalue weighted by Gasteiger charge is 2.07. The Balaban J connectivity index is 2.50. The molecule has 1 atom stereocenters. The Morgan fingerprint density at radius 2 is 2.19 bits per heavy atom. The molecule has 1 aromatic carbocycles. The van der Waals surface area contributed by atoms with E-state index in [0.717, 1.165) is 5.56 Å². The van der Waals surface area contributed by atoms with Crippen LogP contribution in [0.1, 0.15) is 18.5 Å². The lowest BCUT2D eigenvalue weighted by Crippen LogP contribution is -2.28. The Labute approximate surface area is 101 Å². The number of rotatable bonds is 5. The van der Waals surface area contributed by atoms with Gasteiger partial charge in [-0.25, -0.2) is 13.6 Å². The van der Waals surface area contributed by atoms with Crippen LogP contribution in [0.3, 0.4) is 0 Å². The van der Waals surface area contributed by atoms with E-state index in [9.17, 15) is 8.42 Å². The second-order valence-corrected chi connectivity index (χ2v) is 5.77. The minimum Gasteiger partial charge on any atom is -0.309 e. The van der Waals surface area contributed by atoms with Crippen molar-refractivity contribution in [2.24, 2.45) is 5.14 Å². The van der Waals surface area contributed by atoms with Gasteiger partial charge in [0.2, 0.25) is 10.0 Å². The summed E-state index contributed by atoms with van der Waals surface area (Å²) in [6.45, 7) is 2.27. The number of hydrogen-bond donors (Lipinski definition) is 2. The minimum atomic E-state index is -3.40. The molecule has 0 saturated heterocycles. The second kappa shape index (κ2) is 5.63. The highest BCUT2D eigenvalue weighted by molar-refractivity contribution is 7.89. The summed E-state index contributed by atoms with van der Waals surface area (Å²) in [6, 6.07) is 7.47. The van der Waals surface area contributed by atoms with Crippen LogP contribution in [0.25, 0.3) is 0 Å². The molecule has 0 amide bonds. The number of halogens is 1. The van der Waals surface area contributed by atoms with Crippen LogP contribution in [0.2, 0.25) is 5.02 Å². The van der Waals surface area contributed by atoms with Crippen LogP contribution < -0.4 is 10.5 Å². The average Bonchev–Trinajstić information content (AvgIpc) is 2.15. The summed E-state index contributed by atoms with van der Waals surface area (Å²) in [7, 11) is -3.40. The lowest BCUT2D eigenvalue weighted by molar-refractivity contribution is 0.573. The van der Waals surface area contributed by atoms with Crippen molar-refractivity contribution in [1.82, 2.24) is 5.32 Å². The molecule has 0 spiro atoms. The molecule has 0 bridgehead atoms. The molecular formula is C10H15ClN2O2S. The molecular weight excluding hydrogens is 248 g/mol. The van der Waals surface area contributed by atoms with Crippen LogP contribution in [0.4, 0.5) is 0 Å². The fourth-order valence-corrected chi connectivity index (χ4v) is 1.91. The lowest BCUT2D eigenvalue weighted by Gasteiger charge is -2.13. The van der Waals surface area contributed by atoms with Crippen molar-refractivity contribution in [3.63, 3.8) is 0 Å². The van der Waals surface area contributed by atoms with Crippen molar-refractivity contribution in [1.29, 1.82) is 0 Å². The van der Waals surface area contributed by atoms with Crippen LogP contribution in [-0.2, 0) is 10.0 Å². The van der Waals surface area contributed by atoms with Crippen LogP contribution in [0.5, 0.6) is 0 Å². The highest BCUT2D eigenvalue weighted by Crippen LogP contribution is 2.16. The number of nitrogens with one attached hydrogen (secondary N) is 1. The zero-order chi connectivity index (χ0) is 12.2. The summed E-state index contributed by atoms with van der Waals surface area (Å²) in [5.74, 6) is -0.0715. The van der Waals surface area contributed by atoms with E-state index in [1.165, 1.54) is 0 Å². The molecule has 0 heterocycles. The van der Waals surface area contributed by atoms with E-state index >= 15 is 0 Å². The molecule has 0 fully saturated rings. The molecule has 90 valence electrons. The van der Waals surface area contributed by atoms with E-state index in [-0.39, 0.29) is 11.8 Å². The van der Waals surface area contributed by atoms with Gasteiger partial charge in [-0.1, -0.05) is 23.7 Å². The molecule has 1 aromatic rings. The maximum atomic E-state index is 10.7. The van der Waals surface area contributed by atoms with Crippen molar-refractivity contribution in [3.05, 3.63) is 34.9 Å². The monoisotopic (exact) mass is 262 g/mol. The molecule has 0 aliphatic carbocycles. The van der Waals surface area contributed by atoms with Crippen molar-refractivity contribution >= 4 is 21.6 Å². The van der Waals surface area contributed by atoms with E-state index in [0.29, 0.717) is 11.6 Å². The SMILES string of the molecule is C[C@@H](NCCS(N)(=O)=O)c1cccc(Cl)c1. The van der Waals surface area contributed by atoms with E-state index in [1.54, 1.807) is 6.07 Å². The van der Waals surface area contributed by atoms with Gasteiger partial charge in [-0.2, -0.15) is 0 Å². The first-order valence-electron chi connectivity index (χ1n) is 4.88. The van der Waals surface area contributed by atoms with Gasteiger partial charge in [-0.3, -0.25) is 0 Å². The van der Waals surface area contributed by atoms with Crippen molar-refractivity contribution < 1.29 is 8.42 Å². The van der Waals surface area contributed by atoms with Crippen molar-refractivity contribution in [3.8, 4) is 0 Å². The van der Waals surface area contributed by atoms with Gasteiger partial charge in [0.05, 0.1) is 5.75 Å². The fourth-order valence-electron chi connectivity index (χ4n) is 1.31. The average molecular weight is 263 g/mol. The molecule has 3 N–H and O–H groups in total. The van der Waals surface area contributed by atoms with Gasteiger partial charge in [0, 0.05) is 17.6 Å². The Kier molecular flexibility index (Phi) is 4.73. The van der Waals surface area contributed by atoms with Crippen LogP contribution in [-0.4, -0.2) is 20.7 Å². The third kappa shape index (κ3) is 4.94. The van der Waals surface area contributed by atoms with Crippen molar-refractivity contribution in [2.45, 2.75) is 13.0 Å². The van der Waals surface area contributed by atoms with Gasteiger partial charge in [0.1, 0.15) is 0 Å². The smallest absolute Gasteiger partial charge is 0.210 e. The lowest BCUT2D eigenvalue weighted by atomic mass is 10.1. The van der Waals surface area contributed by atoms with Crippen LogP contribution >= 0.6 is 11.6 Å². The summed E-state index contributed by atoms with van der Waals surface area (Å²) in [5.41, 5.74) is 1.02. The predicted molar refractivity (Wildman–Crippen MR) is 65.8 cm³/mol. The van der Waals surface area contributed by atoms with Crippen molar-refractivity contribution in [2.75, 3.05) is 12.3 Å². The number of primary sulfonamides is 1. The normalized spacial score (nSPS) is 13.7. The molecule has 6 heteroatoms. The Bertz CT molecular complexity index is 448. The molecule has 0 unspecified atom stereocenters. The van der Waals surface area contributed by atoms with Crippen LogP contribution in [0, 0.1) is 0 Å². The standard InChI is InChI=1S/C10H15ClN2O2S/c1-8(13-5-6-16(12,14)15)9-3-2-4-10(11)7-9/h2-4,7-8,13H,5-6H2,1H3,(H2,12,14,15)/t8-/m1/s1. The zero-order valence-electron chi connectivity index (χ0n) is 8.98. The number of sulfonamides is 1. The maximum absolute atomic E-state index is 10.7.